The lowest BCUT2D eigenvalue weighted by Crippen LogP contribution is -2.48. The van der Waals surface area contributed by atoms with Gasteiger partial charge in [-0.25, -0.2) is 4.79 Å². The van der Waals surface area contributed by atoms with Crippen molar-refractivity contribution in [3.05, 3.63) is 59.1 Å². The highest BCUT2D eigenvalue weighted by molar-refractivity contribution is 6.32. The van der Waals surface area contributed by atoms with Gasteiger partial charge in [-0.05, 0) is 25.1 Å². The molecule has 9 heteroatoms. The third-order valence-electron chi connectivity index (χ3n) is 5.05. The summed E-state index contributed by atoms with van der Waals surface area (Å²) in [6.45, 7) is 0.857. The van der Waals surface area contributed by atoms with Gasteiger partial charge in [-0.2, -0.15) is 0 Å². The molecule has 0 unspecified atom stereocenters. The highest BCUT2D eigenvalue weighted by Crippen LogP contribution is 2.34. The molecular weight excluding hydrogens is 396 g/mol. The fourth-order valence-corrected chi connectivity index (χ4v) is 3.89. The molecule has 148 valence electrons. The number of benzene rings is 2. The van der Waals surface area contributed by atoms with Gasteiger partial charge in [0.25, 0.3) is 5.91 Å². The standard InChI is InChI=1S/C20H17ClN4O4/c1-20(12-6-2-3-7-13(12)21)18(28)25(19(29)23-20)11-17(27)24-10-16(26)22-14-8-4-5-9-15(14)24/h2-9H,10-11H2,1H3,(H,22,26)(H,23,29)/t20-/m0/s1. The highest BCUT2D eigenvalue weighted by atomic mass is 35.5. The molecule has 1 atom stereocenters. The van der Waals surface area contributed by atoms with Gasteiger partial charge in [0, 0.05) is 10.6 Å². The summed E-state index contributed by atoms with van der Waals surface area (Å²) in [6.07, 6.45) is 0. The number of para-hydroxylation sites is 2. The zero-order valence-electron chi connectivity index (χ0n) is 15.4. The van der Waals surface area contributed by atoms with Gasteiger partial charge in [0.05, 0.1) is 11.4 Å². The normalized spacial score (nSPS) is 21.0. The zero-order valence-corrected chi connectivity index (χ0v) is 16.2. The summed E-state index contributed by atoms with van der Waals surface area (Å²) in [5.74, 6) is -1.48. The third-order valence-corrected chi connectivity index (χ3v) is 5.38. The van der Waals surface area contributed by atoms with Crippen molar-refractivity contribution in [1.29, 1.82) is 0 Å². The Kier molecular flexibility index (Phi) is 4.50. The number of anilines is 2. The predicted molar refractivity (Wildman–Crippen MR) is 106 cm³/mol. The van der Waals surface area contributed by atoms with Crippen LogP contribution in [0.5, 0.6) is 0 Å². The Labute approximate surface area is 171 Å². The number of nitrogens with one attached hydrogen (secondary N) is 2. The Bertz CT molecular complexity index is 1060. The highest BCUT2D eigenvalue weighted by Gasteiger charge is 2.50. The summed E-state index contributed by atoms with van der Waals surface area (Å²) in [7, 11) is 0. The van der Waals surface area contributed by atoms with Gasteiger partial charge < -0.3 is 10.6 Å². The van der Waals surface area contributed by atoms with E-state index < -0.39 is 29.9 Å². The Balaban J connectivity index is 1.60. The van der Waals surface area contributed by atoms with Gasteiger partial charge in [0.2, 0.25) is 11.8 Å². The van der Waals surface area contributed by atoms with E-state index in [1.165, 1.54) is 4.90 Å². The van der Waals surface area contributed by atoms with Crippen LogP contribution in [0.4, 0.5) is 16.2 Å². The minimum absolute atomic E-state index is 0.193. The molecule has 0 saturated carbocycles. The van der Waals surface area contributed by atoms with Crippen molar-refractivity contribution in [2.24, 2.45) is 0 Å². The van der Waals surface area contributed by atoms with E-state index in [1.54, 1.807) is 55.5 Å². The van der Waals surface area contributed by atoms with Crippen LogP contribution in [-0.4, -0.2) is 41.7 Å². The first kappa shape index (κ1) is 18.9. The maximum absolute atomic E-state index is 13.1. The molecule has 2 aromatic rings. The molecule has 0 bridgehead atoms. The Hall–Kier alpha value is -3.39. The molecule has 2 aromatic carbocycles. The lowest BCUT2D eigenvalue weighted by molar-refractivity contribution is -0.134. The summed E-state index contributed by atoms with van der Waals surface area (Å²) in [4.78, 5) is 52.5. The largest absolute Gasteiger partial charge is 0.325 e. The molecular formula is C20H17ClN4O4. The van der Waals surface area contributed by atoms with E-state index in [2.05, 4.69) is 10.6 Å². The quantitative estimate of drug-likeness (QED) is 0.754. The van der Waals surface area contributed by atoms with Crippen LogP contribution in [0.1, 0.15) is 12.5 Å². The Morgan fingerprint density at radius 1 is 1.10 bits per heavy atom. The average molecular weight is 413 g/mol. The summed E-state index contributed by atoms with van der Waals surface area (Å²) < 4.78 is 0. The maximum atomic E-state index is 13.1. The Morgan fingerprint density at radius 3 is 2.55 bits per heavy atom. The van der Waals surface area contributed by atoms with E-state index in [1.807, 2.05) is 0 Å². The van der Waals surface area contributed by atoms with Crippen LogP contribution in [-0.2, 0) is 19.9 Å². The minimum Gasteiger partial charge on any atom is -0.323 e. The van der Waals surface area contributed by atoms with Crippen molar-refractivity contribution in [2.75, 3.05) is 23.3 Å². The summed E-state index contributed by atoms with van der Waals surface area (Å²) in [6, 6.07) is 12.8. The number of hydrogen-bond donors (Lipinski definition) is 2. The van der Waals surface area contributed by atoms with Crippen LogP contribution in [0, 0.1) is 0 Å². The van der Waals surface area contributed by atoms with Crippen LogP contribution in [0.3, 0.4) is 0 Å². The molecule has 0 aliphatic carbocycles. The molecule has 1 saturated heterocycles. The summed E-state index contributed by atoms with van der Waals surface area (Å²) in [5, 5.41) is 5.65. The van der Waals surface area contributed by atoms with Crippen molar-refractivity contribution in [1.82, 2.24) is 10.2 Å². The number of nitrogens with zero attached hydrogens (tertiary/aromatic N) is 2. The number of fused-ring (bicyclic) bond motifs is 1. The van der Waals surface area contributed by atoms with Gasteiger partial charge in [-0.1, -0.05) is 41.9 Å². The number of hydrogen-bond acceptors (Lipinski definition) is 4. The van der Waals surface area contributed by atoms with Crippen LogP contribution < -0.4 is 15.5 Å². The van der Waals surface area contributed by atoms with Gasteiger partial charge in [0.15, 0.2) is 0 Å². The second kappa shape index (κ2) is 6.89. The Morgan fingerprint density at radius 2 is 1.79 bits per heavy atom. The molecule has 0 radical (unpaired) electrons. The number of rotatable bonds is 3. The molecule has 1 fully saturated rings. The fraction of sp³-hybridized carbons (Fsp3) is 0.200. The topological polar surface area (TPSA) is 98.8 Å². The number of carbonyl (C=O) groups excluding carboxylic acids is 4. The van der Waals surface area contributed by atoms with Crippen molar-refractivity contribution >= 4 is 46.7 Å². The van der Waals surface area contributed by atoms with Crippen molar-refractivity contribution in [3.63, 3.8) is 0 Å². The van der Waals surface area contributed by atoms with Gasteiger partial charge in [0.1, 0.15) is 18.6 Å². The third kappa shape index (κ3) is 3.11. The molecule has 29 heavy (non-hydrogen) atoms. The fourth-order valence-electron chi connectivity index (χ4n) is 3.57. The van der Waals surface area contributed by atoms with E-state index in [0.717, 1.165) is 4.90 Å². The molecule has 5 amide bonds. The number of imide groups is 1. The number of carbonyl (C=O) groups is 4. The van der Waals surface area contributed by atoms with E-state index in [4.69, 9.17) is 11.6 Å². The molecule has 2 heterocycles. The number of urea groups is 1. The average Bonchev–Trinajstić information content (AvgIpc) is 2.91. The van der Waals surface area contributed by atoms with Crippen molar-refractivity contribution < 1.29 is 19.2 Å². The maximum Gasteiger partial charge on any atom is 0.325 e. The molecule has 4 rings (SSSR count). The first-order valence-electron chi connectivity index (χ1n) is 8.89. The van der Waals surface area contributed by atoms with Crippen LogP contribution in [0.25, 0.3) is 0 Å². The molecule has 0 spiro atoms. The van der Waals surface area contributed by atoms with E-state index >= 15 is 0 Å². The zero-order chi connectivity index (χ0) is 20.8. The van der Waals surface area contributed by atoms with Gasteiger partial charge >= 0.3 is 6.03 Å². The second-order valence-corrected chi connectivity index (χ2v) is 7.38. The lowest BCUT2D eigenvalue weighted by Gasteiger charge is -2.30. The van der Waals surface area contributed by atoms with Gasteiger partial charge in [-0.3, -0.25) is 24.2 Å². The van der Waals surface area contributed by atoms with E-state index in [0.29, 0.717) is 22.0 Å². The van der Waals surface area contributed by atoms with Crippen LogP contribution >= 0.6 is 11.6 Å². The molecule has 2 aliphatic heterocycles. The first-order chi connectivity index (χ1) is 13.8. The summed E-state index contributed by atoms with van der Waals surface area (Å²) >= 11 is 6.21. The lowest BCUT2D eigenvalue weighted by atomic mass is 9.92. The van der Waals surface area contributed by atoms with Crippen molar-refractivity contribution in [3.8, 4) is 0 Å². The molecule has 2 N–H and O–H groups in total. The SMILES string of the molecule is C[C@@]1(c2ccccc2Cl)NC(=O)N(CC(=O)N2CC(=O)Nc3ccccc32)C1=O. The minimum atomic E-state index is -1.38. The van der Waals surface area contributed by atoms with E-state index in [-0.39, 0.29) is 12.5 Å². The number of halogens is 1. The first-order valence-corrected chi connectivity index (χ1v) is 9.27. The van der Waals surface area contributed by atoms with E-state index in [9.17, 15) is 19.2 Å². The summed E-state index contributed by atoms with van der Waals surface area (Å²) in [5.41, 5.74) is 0.0678. The smallest absolute Gasteiger partial charge is 0.323 e. The van der Waals surface area contributed by atoms with Gasteiger partial charge in [-0.15, -0.1) is 0 Å². The van der Waals surface area contributed by atoms with Crippen molar-refractivity contribution in [2.45, 2.75) is 12.5 Å². The predicted octanol–water partition coefficient (Wildman–Crippen LogP) is 2.09. The monoisotopic (exact) mass is 412 g/mol. The second-order valence-electron chi connectivity index (χ2n) is 6.97. The van der Waals surface area contributed by atoms with Crippen LogP contribution in [0.15, 0.2) is 48.5 Å². The molecule has 8 nitrogen and oxygen atoms in total. The molecule has 2 aliphatic rings. The number of amides is 5. The van der Waals surface area contributed by atoms with Crippen LogP contribution in [0.2, 0.25) is 5.02 Å². The molecule has 0 aromatic heterocycles.